The van der Waals surface area contributed by atoms with Crippen molar-refractivity contribution in [3.63, 3.8) is 0 Å². The number of amides is 1. The van der Waals surface area contributed by atoms with Crippen molar-refractivity contribution >= 4 is 5.91 Å². The highest BCUT2D eigenvalue weighted by molar-refractivity contribution is 5.79. The number of primary amides is 1. The number of rotatable bonds is 8. The van der Waals surface area contributed by atoms with Gasteiger partial charge < -0.3 is 15.8 Å². The Bertz CT molecular complexity index is 200. The maximum absolute atomic E-state index is 11.0. The second-order valence-electron chi connectivity index (χ2n) is 5.22. The Hall–Kier alpha value is -0.610. The zero-order chi connectivity index (χ0) is 12.6. The van der Waals surface area contributed by atoms with Gasteiger partial charge in [-0.1, -0.05) is 27.7 Å². The van der Waals surface area contributed by atoms with E-state index in [1.165, 1.54) is 0 Å². The fourth-order valence-electron chi connectivity index (χ4n) is 1.27. The molecule has 1 amide bonds. The van der Waals surface area contributed by atoms with Crippen LogP contribution in [0.2, 0.25) is 0 Å². The molecule has 1 atom stereocenters. The predicted molar refractivity (Wildman–Crippen MR) is 66.2 cm³/mol. The third kappa shape index (κ3) is 8.68. The van der Waals surface area contributed by atoms with E-state index in [-0.39, 0.29) is 11.9 Å². The summed E-state index contributed by atoms with van der Waals surface area (Å²) in [5.74, 6) is -0.304. The van der Waals surface area contributed by atoms with Crippen molar-refractivity contribution in [3.05, 3.63) is 0 Å². The van der Waals surface area contributed by atoms with Crippen molar-refractivity contribution < 1.29 is 9.53 Å². The molecule has 4 nitrogen and oxygen atoms in total. The van der Waals surface area contributed by atoms with Gasteiger partial charge in [-0.15, -0.1) is 0 Å². The van der Waals surface area contributed by atoms with Crippen LogP contribution in [-0.2, 0) is 9.53 Å². The number of carbonyl (C=O) groups excluding carboxylic acids is 1. The smallest absolute Gasteiger partial charge is 0.234 e. The zero-order valence-electron chi connectivity index (χ0n) is 11.0. The Morgan fingerprint density at radius 3 is 2.44 bits per heavy atom. The summed E-state index contributed by atoms with van der Waals surface area (Å²) in [4.78, 5) is 11.0. The van der Waals surface area contributed by atoms with E-state index in [9.17, 15) is 4.79 Å². The summed E-state index contributed by atoms with van der Waals surface area (Å²) in [7, 11) is 0. The van der Waals surface area contributed by atoms with Gasteiger partial charge in [0.1, 0.15) is 0 Å². The first-order valence-corrected chi connectivity index (χ1v) is 5.97. The minimum absolute atomic E-state index is 0.264. The standard InChI is InChI=1S/C12H26N2O2/c1-5-14-10(11(13)15)6-8-16-9-7-12(2,3)4/h10,14H,5-9H2,1-4H3,(H2,13,15). The van der Waals surface area contributed by atoms with Gasteiger partial charge in [-0.3, -0.25) is 4.79 Å². The topological polar surface area (TPSA) is 64.3 Å². The molecule has 0 saturated carbocycles. The number of hydrogen-bond donors (Lipinski definition) is 2. The monoisotopic (exact) mass is 230 g/mol. The third-order valence-corrected chi connectivity index (χ3v) is 2.34. The lowest BCUT2D eigenvalue weighted by Crippen LogP contribution is -2.41. The molecule has 0 saturated heterocycles. The Kier molecular flexibility index (Phi) is 7.34. The first-order valence-electron chi connectivity index (χ1n) is 5.97. The Balaban J connectivity index is 3.59. The third-order valence-electron chi connectivity index (χ3n) is 2.34. The molecule has 4 heteroatoms. The van der Waals surface area contributed by atoms with Gasteiger partial charge in [0.25, 0.3) is 0 Å². The van der Waals surface area contributed by atoms with Crippen LogP contribution in [0, 0.1) is 5.41 Å². The van der Waals surface area contributed by atoms with Crippen molar-refractivity contribution in [2.24, 2.45) is 11.1 Å². The van der Waals surface area contributed by atoms with Gasteiger partial charge in [0, 0.05) is 13.2 Å². The van der Waals surface area contributed by atoms with E-state index in [1.807, 2.05) is 6.92 Å². The van der Waals surface area contributed by atoms with Crippen LogP contribution < -0.4 is 11.1 Å². The molecule has 16 heavy (non-hydrogen) atoms. The Labute approximate surface area is 98.9 Å². The van der Waals surface area contributed by atoms with E-state index < -0.39 is 0 Å². The van der Waals surface area contributed by atoms with Crippen LogP contribution in [0.4, 0.5) is 0 Å². The second-order valence-corrected chi connectivity index (χ2v) is 5.22. The predicted octanol–water partition coefficient (Wildman–Crippen LogP) is 1.29. The highest BCUT2D eigenvalue weighted by Crippen LogP contribution is 2.17. The average molecular weight is 230 g/mol. The van der Waals surface area contributed by atoms with E-state index in [4.69, 9.17) is 10.5 Å². The fraction of sp³-hybridized carbons (Fsp3) is 0.917. The van der Waals surface area contributed by atoms with E-state index in [1.54, 1.807) is 0 Å². The minimum Gasteiger partial charge on any atom is -0.381 e. The molecule has 0 aliphatic carbocycles. The van der Waals surface area contributed by atoms with Gasteiger partial charge in [-0.25, -0.2) is 0 Å². The number of hydrogen-bond acceptors (Lipinski definition) is 3. The molecule has 0 aromatic rings. The molecule has 0 heterocycles. The van der Waals surface area contributed by atoms with Gasteiger partial charge in [-0.2, -0.15) is 0 Å². The molecule has 96 valence electrons. The van der Waals surface area contributed by atoms with E-state index in [0.29, 0.717) is 18.4 Å². The summed E-state index contributed by atoms with van der Waals surface area (Å²) in [5.41, 5.74) is 5.55. The van der Waals surface area contributed by atoms with Crippen LogP contribution in [0.15, 0.2) is 0 Å². The van der Waals surface area contributed by atoms with E-state index >= 15 is 0 Å². The van der Waals surface area contributed by atoms with Crippen LogP contribution in [0.1, 0.15) is 40.5 Å². The summed E-state index contributed by atoms with van der Waals surface area (Å²) >= 11 is 0. The van der Waals surface area contributed by atoms with Crippen molar-refractivity contribution in [1.82, 2.24) is 5.32 Å². The lowest BCUT2D eigenvalue weighted by molar-refractivity contribution is -0.120. The molecule has 3 N–H and O–H groups in total. The quantitative estimate of drug-likeness (QED) is 0.618. The number of nitrogens with two attached hydrogens (primary N) is 1. The highest BCUT2D eigenvalue weighted by Gasteiger charge is 2.13. The zero-order valence-corrected chi connectivity index (χ0v) is 11.0. The molecule has 0 spiro atoms. The van der Waals surface area contributed by atoms with Gasteiger partial charge in [0.15, 0.2) is 0 Å². The number of likely N-dealkylation sites (N-methyl/N-ethyl adjacent to an activating group) is 1. The second kappa shape index (κ2) is 7.63. The molecule has 0 radical (unpaired) electrons. The summed E-state index contributed by atoms with van der Waals surface area (Å²) < 4.78 is 5.49. The SMILES string of the molecule is CCNC(CCOCCC(C)(C)C)C(N)=O. The summed E-state index contributed by atoms with van der Waals surface area (Å²) in [6.45, 7) is 10.6. The van der Waals surface area contributed by atoms with Crippen LogP contribution in [0.3, 0.4) is 0 Å². The van der Waals surface area contributed by atoms with Crippen molar-refractivity contribution in [2.45, 2.75) is 46.6 Å². The fourth-order valence-corrected chi connectivity index (χ4v) is 1.27. The Morgan fingerprint density at radius 1 is 1.38 bits per heavy atom. The van der Waals surface area contributed by atoms with Gasteiger partial charge in [0.2, 0.25) is 5.91 Å². The van der Waals surface area contributed by atoms with Crippen molar-refractivity contribution in [1.29, 1.82) is 0 Å². The Morgan fingerprint density at radius 2 is 2.00 bits per heavy atom. The lowest BCUT2D eigenvalue weighted by atomic mass is 9.93. The van der Waals surface area contributed by atoms with Gasteiger partial charge in [0.05, 0.1) is 6.04 Å². The molecule has 1 unspecified atom stereocenters. The summed E-state index contributed by atoms with van der Waals surface area (Å²) in [6, 6.07) is -0.264. The van der Waals surface area contributed by atoms with E-state index in [0.717, 1.165) is 19.6 Å². The summed E-state index contributed by atoms with van der Waals surface area (Å²) in [5, 5.41) is 3.03. The molecule has 0 fully saturated rings. The van der Waals surface area contributed by atoms with Crippen molar-refractivity contribution in [2.75, 3.05) is 19.8 Å². The first-order chi connectivity index (χ1) is 7.37. The highest BCUT2D eigenvalue weighted by atomic mass is 16.5. The molecular formula is C12H26N2O2. The molecular weight excluding hydrogens is 204 g/mol. The van der Waals surface area contributed by atoms with Gasteiger partial charge in [-0.05, 0) is 24.8 Å². The van der Waals surface area contributed by atoms with E-state index in [2.05, 4.69) is 26.1 Å². The molecule has 0 aromatic heterocycles. The van der Waals surface area contributed by atoms with Gasteiger partial charge >= 0.3 is 0 Å². The average Bonchev–Trinajstić information content (AvgIpc) is 2.13. The van der Waals surface area contributed by atoms with Crippen LogP contribution in [0.25, 0.3) is 0 Å². The normalized spacial score (nSPS) is 13.8. The first kappa shape index (κ1) is 15.4. The number of nitrogens with one attached hydrogen (secondary N) is 1. The molecule has 0 aromatic carbocycles. The van der Waals surface area contributed by atoms with Crippen LogP contribution >= 0.6 is 0 Å². The van der Waals surface area contributed by atoms with Crippen LogP contribution in [0.5, 0.6) is 0 Å². The lowest BCUT2D eigenvalue weighted by Gasteiger charge is -2.18. The minimum atomic E-state index is -0.304. The van der Waals surface area contributed by atoms with Crippen LogP contribution in [-0.4, -0.2) is 31.7 Å². The van der Waals surface area contributed by atoms with Crippen molar-refractivity contribution in [3.8, 4) is 0 Å². The number of ether oxygens (including phenoxy) is 1. The largest absolute Gasteiger partial charge is 0.381 e. The molecule has 0 rings (SSSR count). The maximum Gasteiger partial charge on any atom is 0.234 e. The maximum atomic E-state index is 11.0. The molecule has 0 aliphatic rings. The molecule has 0 bridgehead atoms. The summed E-state index contributed by atoms with van der Waals surface area (Å²) in [6.07, 6.45) is 1.67. The molecule has 0 aliphatic heterocycles. The number of carbonyl (C=O) groups is 1.